The quantitative estimate of drug-likeness (QED) is 0.757. The molecule has 20 heavy (non-hydrogen) atoms. The zero-order valence-electron chi connectivity index (χ0n) is 11.7. The third-order valence-corrected chi connectivity index (χ3v) is 4.51. The van der Waals surface area contributed by atoms with Gasteiger partial charge in [0.25, 0.3) is 0 Å². The fraction of sp³-hybridized carbons (Fsp3) is 0.333. The van der Waals surface area contributed by atoms with Crippen molar-refractivity contribution in [3.8, 4) is 11.1 Å². The third-order valence-electron chi connectivity index (χ3n) is 4.51. The largest absolute Gasteiger partial charge is 0.383 e. The Bertz CT molecular complexity index is 627. The first-order valence-corrected chi connectivity index (χ1v) is 7.58. The lowest BCUT2D eigenvalue weighted by Crippen LogP contribution is -2.29. The van der Waals surface area contributed by atoms with Crippen LogP contribution in [0.25, 0.3) is 11.1 Å². The monoisotopic (exact) mass is 264 g/mol. The van der Waals surface area contributed by atoms with Crippen molar-refractivity contribution < 1.29 is 0 Å². The molecular weight excluding hydrogens is 244 g/mol. The summed E-state index contributed by atoms with van der Waals surface area (Å²) >= 11 is 0. The number of nitrogens with one attached hydrogen (secondary N) is 2. The molecule has 0 radical (unpaired) electrons. The second-order valence-electron chi connectivity index (χ2n) is 5.88. The van der Waals surface area contributed by atoms with Gasteiger partial charge in [-0.1, -0.05) is 30.3 Å². The summed E-state index contributed by atoms with van der Waals surface area (Å²) in [5, 5.41) is 7.11. The minimum Gasteiger partial charge on any atom is -0.383 e. The Labute approximate surface area is 120 Å². The minimum atomic E-state index is 0.639. The first kappa shape index (κ1) is 12.0. The van der Waals surface area contributed by atoms with Crippen LogP contribution < -0.4 is 10.6 Å². The Morgan fingerprint density at radius 1 is 1.05 bits per heavy atom. The molecule has 1 saturated heterocycles. The highest BCUT2D eigenvalue weighted by Crippen LogP contribution is 2.37. The number of fused-ring (bicyclic) bond motifs is 3. The van der Waals surface area contributed by atoms with Crippen LogP contribution >= 0.6 is 0 Å². The fourth-order valence-corrected chi connectivity index (χ4v) is 3.43. The molecule has 0 amide bonds. The van der Waals surface area contributed by atoms with Gasteiger partial charge in [0.15, 0.2) is 0 Å². The van der Waals surface area contributed by atoms with Crippen LogP contribution in [0.1, 0.15) is 24.0 Å². The van der Waals surface area contributed by atoms with Crippen LogP contribution in [0.5, 0.6) is 0 Å². The average molecular weight is 264 g/mol. The Kier molecular flexibility index (Phi) is 2.96. The van der Waals surface area contributed by atoms with E-state index in [1.54, 1.807) is 0 Å². The summed E-state index contributed by atoms with van der Waals surface area (Å²) in [5.74, 6) is 0. The predicted molar refractivity (Wildman–Crippen MR) is 84.2 cm³/mol. The van der Waals surface area contributed by atoms with Crippen LogP contribution in [0.15, 0.2) is 42.5 Å². The standard InChI is InChI=1S/C18H20N2/c1-2-6-17-13(4-1)10-14-11-15(7-8-18(14)17)20-12-16-5-3-9-19-16/h1-2,4,6-8,11,16,19-20H,3,5,9-10,12H2. The van der Waals surface area contributed by atoms with Gasteiger partial charge in [0.05, 0.1) is 0 Å². The number of rotatable bonds is 3. The molecule has 1 aliphatic carbocycles. The van der Waals surface area contributed by atoms with E-state index in [0.717, 1.165) is 13.0 Å². The summed E-state index contributed by atoms with van der Waals surface area (Å²) in [7, 11) is 0. The normalized spacial score (nSPS) is 19.7. The summed E-state index contributed by atoms with van der Waals surface area (Å²) < 4.78 is 0. The molecule has 2 nitrogen and oxygen atoms in total. The van der Waals surface area contributed by atoms with E-state index in [9.17, 15) is 0 Å². The molecule has 0 bridgehead atoms. The van der Waals surface area contributed by atoms with Crippen molar-refractivity contribution in [1.82, 2.24) is 5.32 Å². The smallest absolute Gasteiger partial charge is 0.0344 e. The maximum absolute atomic E-state index is 3.58. The third kappa shape index (κ3) is 2.10. The highest BCUT2D eigenvalue weighted by Gasteiger charge is 2.18. The van der Waals surface area contributed by atoms with E-state index in [1.165, 1.54) is 47.3 Å². The SMILES string of the molecule is c1ccc2c(c1)Cc1cc(NCC3CCCN3)ccc1-2. The Morgan fingerprint density at radius 2 is 1.95 bits per heavy atom. The van der Waals surface area contributed by atoms with Gasteiger partial charge >= 0.3 is 0 Å². The number of hydrogen-bond acceptors (Lipinski definition) is 2. The lowest BCUT2D eigenvalue weighted by molar-refractivity contribution is 0.633. The number of benzene rings is 2. The molecule has 4 rings (SSSR count). The first-order chi connectivity index (χ1) is 9.90. The molecule has 2 N–H and O–H groups in total. The van der Waals surface area contributed by atoms with Crippen LogP contribution in [0.2, 0.25) is 0 Å². The van der Waals surface area contributed by atoms with Crippen molar-refractivity contribution >= 4 is 5.69 Å². The summed E-state index contributed by atoms with van der Waals surface area (Å²) in [6, 6.07) is 16.2. The van der Waals surface area contributed by atoms with Crippen molar-refractivity contribution in [2.45, 2.75) is 25.3 Å². The highest BCUT2D eigenvalue weighted by molar-refractivity contribution is 5.78. The van der Waals surface area contributed by atoms with E-state index < -0.39 is 0 Å². The summed E-state index contributed by atoms with van der Waals surface area (Å²) in [6.45, 7) is 2.21. The summed E-state index contributed by atoms with van der Waals surface area (Å²) in [4.78, 5) is 0. The Balaban J connectivity index is 1.53. The first-order valence-electron chi connectivity index (χ1n) is 7.58. The molecular formula is C18H20N2. The number of anilines is 1. The van der Waals surface area contributed by atoms with Crippen LogP contribution in [-0.2, 0) is 6.42 Å². The van der Waals surface area contributed by atoms with Crippen molar-refractivity contribution in [2.24, 2.45) is 0 Å². The van der Waals surface area contributed by atoms with Gasteiger partial charge in [0.1, 0.15) is 0 Å². The Morgan fingerprint density at radius 3 is 2.85 bits per heavy atom. The molecule has 0 saturated carbocycles. The second-order valence-corrected chi connectivity index (χ2v) is 5.88. The number of hydrogen-bond donors (Lipinski definition) is 2. The van der Waals surface area contributed by atoms with Gasteiger partial charge in [-0.15, -0.1) is 0 Å². The molecule has 2 aliphatic rings. The van der Waals surface area contributed by atoms with Gasteiger partial charge in [-0.05, 0) is 60.2 Å². The highest BCUT2D eigenvalue weighted by atomic mass is 15.0. The van der Waals surface area contributed by atoms with Crippen molar-refractivity contribution in [3.05, 3.63) is 53.6 Å². The maximum atomic E-state index is 3.58. The van der Waals surface area contributed by atoms with Gasteiger partial charge in [-0.25, -0.2) is 0 Å². The second kappa shape index (κ2) is 4.95. The summed E-state index contributed by atoms with van der Waals surface area (Å²) in [6.07, 6.45) is 3.68. The van der Waals surface area contributed by atoms with E-state index in [1.807, 2.05) is 0 Å². The molecule has 2 heteroatoms. The molecule has 102 valence electrons. The Hall–Kier alpha value is -1.80. The summed E-state index contributed by atoms with van der Waals surface area (Å²) in [5.41, 5.74) is 6.98. The predicted octanol–water partition coefficient (Wildman–Crippen LogP) is 3.42. The molecule has 1 atom stereocenters. The van der Waals surface area contributed by atoms with Gasteiger partial charge < -0.3 is 10.6 Å². The van der Waals surface area contributed by atoms with Crippen LogP contribution in [0.4, 0.5) is 5.69 Å². The van der Waals surface area contributed by atoms with Crippen LogP contribution in [-0.4, -0.2) is 19.1 Å². The molecule has 1 aliphatic heterocycles. The van der Waals surface area contributed by atoms with Crippen molar-refractivity contribution in [3.63, 3.8) is 0 Å². The molecule has 0 aromatic heterocycles. The van der Waals surface area contributed by atoms with Gasteiger partial charge in [0, 0.05) is 18.3 Å². The van der Waals surface area contributed by atoms with E-state index >= 15 is 0 Å². The van der Waals surface area contributed by atoms with Gasteiger partial charge in [-0.3, -0.25) is 0 Å². The average Bonchev–Trinajstić information content (AvgIpc) is 3.12. The van der Waals surface area contributed by atoms with Gasteiger partial charge in [-0.2, -0.15) is 0 Å². The van der Waals surface area contributed by atoms with Crippen LogP contribution in [0, 0.1) is 0 Å². The van der Waals surface area contributed by atoms with Crippen LogP contribution in [0.3, 0.4) is 0 Å². The molecule has 2 aromatic rings. The molecule has 1 fully saturated rings. The zero-order chi connectivity index (χ0) is 13.4. The minimum absolute atomic E-state index is 0.639. The molecule has 0 spiro atoms. The molecule has 1 unspecified atom stereocenters. The van der Waals surface area contributed by atoms with E-state index in [4.69, 9.17) is 0 Å². The molecule has 1 heterocycles. The topological polar surface area (TPSA) is 24.1 Å². The van der Waals surface area contributed by atoms with E-state index in [2.05, 4.69) is 53.1 Å². The zero-order valence-corrected chi connectivity index (χ0v) is 11.7. The molecule has 2 aromatic carbocycles. The fourth-order valence-electron chi connectivity index (χ4n) is 3.43. The maximum Gasteiger partial charge on any atom is 0.0344 e. The van der Waals surface area contributed by atoms with Crippen molar-refractivity contribution in [2.75, 3.05) is 18.4 Å². The lowest BCUT2D eigenvalue weighted by Gasteiger charge is -2.13. The lowest BCUT2D eigenvalue weighted by atomic mass is 10.1. The van der Waals surface area contributed by atoms with Gasteiger partial charge in [0.2, 0.25) is 0 Å². The van der Waals surface area contributed by atoms with E-state index in [-0.39, 0.29) is 0 Å². The van der Waals surface area contributed by atoms with Crippen molar-refractivity contribution in [1.29, 1.82) is 0 Å². The van der Waals surface area contributed by atoms with E-state index in [0.29, 0.717) is 6.04 Å².